The van der Waals surface area contributed by atoms with E-state index in [0.29, 0.717) is 11.7 Å². The topological polar surface area (TPSA) is 71.5 Å². The standard InChI is InChI=1S/C18H24FN3O3/c1-18(2,3)25-17(24)22-10-12(19)9-14(22)16(23)21-15-6-4-5-13(20-15)11-7-8-11/h4-6,11-12,14H,7-10H2,1-3H3,(H,20,21,23)/t12-,14+/m1/s1. The molecule has 0 radical (unpaired) electrons. The number of halogens is 1. The van der Waals surface area contributed by atoms with Gasteiger partial charge >= 0.3 is 6.09 Å². The zero-order chi connectivity index (χ0) is 18.2. The van der Waals surface area contributed by atoms with Crippen LogP contribution < -0.4 is 5.32 Å². The number of nitrogens with one attached hydrogen (secondary N) is 1. The van der Waals surface area contributed by atoms with Crippen LogP contribution in [0.1, 0.15) is 51.6 Å². The van der Waals surface area contributed by atoms with Gasteiger partial charge in [-0.05, 0) is 45.7 Å². The van der Waals surface area contributed by atoms with E-state index in [-0.39, 0.29) is 13.0 Å². The van der Waals surface area contributed by atoms with Crippen LogP contribution >= 0.6 is 0 Å². The molecule has 136 valence electrons. The number of likely N-dealkylation sites (tertiary alicyclic amines) is 1. The molecule has 0 spiro atoms. The molecule has 1 saturated carbocycles. The first kappa shape index (κ1) is 17.6. The van der Waals surface area contributed by atoms with E-state index >= 15 is 0 Å². The highest BCUT2D eigenvalue weighted by Crippen LogP contribution is 2.39. The van der Waals surface area contributed by atoms with Gasteiger partial charge in [-0.15, -0.1) is 0 Å². The van der Waals surface area contributed by atoms with Crippen LogP contribution in [0.25, 0.3) is 0 Å². The van der Waals surface area contributed by atoms with Crippen molar-refractivity contribution in [2.75, 3.05) is 11.9 Å². The Labute approximate surface area is 146 Å². The highest BCUT2D eigenvalue weighted by molar-refractivity contribution is 5.96. The minimum absolute atomic E-state index is 0.0343. The lowest BCUT2D eigenvalue weighted by molar-refractivity contribution is -0.120. The molecular formula is C18H24FN3O3. The molecule has 2 atom stereocenters. The van der Waals surface area contributed by atoms with Crippen molar-refractivity contribution in [3.05, 3.63) is 23.9 Å². The van der Waals surface area contributed by atoms with Gasteiger partial charge in [0, 0.05) is 18.0 Å². The number of hydrogen-bond donors (Lipinski definition) is 1. The average Bonchev–Trinajstić information content (AvgIpc) is 3.28. The Morgan fingerprint density at radius 1 is 1.32 bits per heavy atom. The Kier molecular flexibility index (Phi) is 4.67. The molecule has 1 N–H and O–H groups in total. The monoisotopic (exact) mass is 349 g/mol. The average molecular weight is 349 g/mol. The van der Waals surface area contributed by atoms with Gasteiger partial charge in [0.25, 0.3) is 0 Å². The number of carbonyl (C=O) groups excluding carboxylic acids is 2. The molecule has 1 aromatic rings. The number of carbonyl (C=O) groups is 2. The van der Waals surface area contributed by atoms with Gasteiger partial charge < -0.3 is 10.1 Å². The Balaban J connectivity index is 1.68. The SMILES string of the molecule is CC(C)(C)OC(=O)N1C[C@H](F)C[C@H]1C(=O)Nc1cccc(C2CC2)n1. The first-order valence-corrected chi connectivity index (χ1v) is 8.64. The summed E-state index contributed by atoms with van der Waals surface area (Å²) >= 11 is 0. The summed E-state index contributed by atoms with van der Waals surface area (Å²) in [7, 11) is 0. The van der Waals surface area contributed by atoms with Gasteiger partial charge in [-0.2, -0.15) is 0 Å². The van der Waals surface area contributed by atoms with Gasteiger partial charge in [0.1, 0.15) is 23.6 Å². The Morgan fingerprint density at radius 3 is 2.68 bits per heavy atom. The van der Waals surface area contributed by atoms with Crippen molar-refractivity contribution in [3.8, 4) is 0 Å². The van der Waals surface area contributed by atoms with Crippen LogP contribution in [-0.4, -0.2) is 46.2 Å². The highest BCUT2D eigenvalue weighted by Gasteiger charge is 2.41. The summed E-state index contributed by atoms with van der Waals surface area (Å²) in [6, 6.07) is 4.59. The van der Waals surface area contributed by atoms with Crippen LogP contribution in [0, 0.1) is 0 Å². The van der Waals surface area contributed by atoms with E-state index in [4.69, 9.17) is 4.74 Å². The van der Waals surface area contributed by atoms with E-state index < -0.39 is 29.8 Å². The van der Waals surface area contributed by atoms with Crippen molar-refractivity contribution in [2.24, 2.45) is 0 Å². The zero-order valence-corrected chi connectivity index (χ0v) is 14.8. The maximum atomic E-state index is 13.8. The molecule has 1 aromatic heterocycles. The second-order valence-electron chi connectivity index (χ2n) is 7.69. The van der Waals surface area contributed by atoms with Crippen LogP contribution in [0.4, 0.5) is 15.0 Å². The van der Waals surface area contributed by atoms with Crippen LogP contribution in [0.3, 0.4) is 0 Å². The van der Waals surface area contributed by atoms with E-state index in [9.17, 15) is 14.0 Å². The number of rotatable bonds is 3. The summed E-state index contributed by atoms with van der Waals surface area (Å²) in [6.07, 6.45) is 0.279. The first-order chi connectivity index (χ1) is 11.7. The van der Waals surface area contributed by atoms with Crippen LogP contribution in [0.5, 0.6) is 0 Å². The maximum absolute atomic E-state index is 13.8. The lowest BCUT2D eigenvalue weighted by Gasteiger charge is -2.27. The van der Waals surface area contributed by atoms with Crippen LogP contribution in [0.2, 0.25) is 0 Å². The third-order valence-electron chi connectivity index (χ3n) is 4.20. The lowest BCUT2D eigenvalue weighted by Crippen LogP contribution is -2.45. The predicted octanol–water partition coefficient (Wildman–Crippen LogP) is 3.25. The largest absolute Gasteiger partial charge is 0.444 e. The van der Waals surface area contributed by atoms with E-state index in [0.717, 1.165) is 23.4 Å². The molecule has 25 heavy (non-hydrogen) atoms. The second kappa shape index (κ2) is 6.61. The minimum atomic E-state index is -1.24. The molecule has 2 heterocycles. The molecule has 2 fully saturated rings. The molecule has 0 aromatic carbocycles. The van der Waals surface area contributed by atoms with E-state index in [1.807, 2.05) is 12.1 Å². The smallest absolute Gasteiger partial charge is 0.411 e. The Hall–Kier alpha value is -2.18. The summed E-state index contributed by atoms with van der Waals surface area (Å²) in [5.74, 6) is 0.462. The summed E-state index contributed by atoms with van der Waals surface area (Å²) in [5.41, 5.74) is 0.253. The van der Waals surface area contributed by atoms with E-state index in [1.54, 1.807) is 26.8 Å². The van der Waals surface area contributed by atoms with Crippen molar-refractivity contribution >= 4 is 17.8 Å². The van der Waals surface area contributed by atoms with Crippen molar-refractivity contribution < 1.29 is 18.7 Å². The van der Waals surface area contributed by atoms with Gasteiger partial charge in [0.2, 0.25) is 5.91 Å². The molecule has 3 rings (SSSR count). The van der Waals surface area contributed by atoms with Crippen molar-refractivity contribution in [1.29, 1.82) is 0 Å². The van der Waals surface area contributed by atoms with Crippen molar-refractivity contribution in [3.63, 3.8) is 0 Å². The van der Waals surface area contributed by atoms with Gasteiger partial charge in [-0.3, -0.25) is 9.69 Å². The number of anilines is 1. The van der Waals surface area contributed by atoms with Crippen molar-refractivity contribution in [1.82, 2.24) is 9.88 Å². The number of nitrogens with zero attached hydrogens (tertiary/aromatic N) is 2. The lowest BCUT2D eigenvalue weighted by atomic mass is 10.2. The summed E-state index contributed by atoms with van der Waals surface area (Å²) in [5, 5.41) is 2.71. The number of amides is 2. The predicted molar refractivity (Wildman–Crippen MR) is 91.1 cm³/mol. The molecule has 2 amide bonds. The minimum Gasteiger partial charge on any atom is -0.444 e. The third kappa shape index (κ3) is 4.46. The number of hydrogen-bond acceptors (Lipinski definition) is 4. The molecular weight excluding hydrogens is 325 g/mol. The fourth-order valence-electron chi connectivity index (χ4n) is 2.89. The molecule has 6 nitrogen and oxygen atoms in total. The van der Waals surface area contributed by atoms with Gasteiger partial charge in [-0.25, -0.2) is 14.2 Å². The second-order valence-corrected chi connectivity index (χ2v) is 7.69. The molecule has 1 aliphatic heterocycles. The molecule has 0 bridgehead atoms. The van der Waals surface area contributed by atoms with Gasteiger partial charge in [0.15, 0.2) is 0 Å². The fourth-order valence-corrected chi connectivity index (χ4v) is 2.89. The van der Waals surface area contributed by atoms with Crippen LogP contribution in [-0.2, 0) is 9.53 Å². The first-order valence-electron chi connectivity index (χ1n) is 8.64. The van der Waals surface area contributed by atoms with Gasteiger partial charge in [0.05, 0.1) is 6.54 Å². The Bertz CT molecular complexity index is 670. The van der Waals surface area contributed by atoms with E-state index in [2.05, 4.69) is 10.3 Å². The maximum Gasteiger partial charge on any atom is 0.411 e. The van der Waals surface area contributed by atoms with Crippen molar-refractivity contribution in [2.45, 2.75) is 63.8 Å². The fraction of sp³-hybridized carbons (Fsp3) is 0.611. The number of pyridine rings is 1. The quantitative estimate of drug-likeness (QED) is 0.909. The Morgan fingerprint density at radius 2 is 2.04 bits per heavy atom. The molecule has 0 unspecified atom stereocenters. The summed E-state index contributed by atoms with van der Waals surface area (Å²) in [4.78, 5) is 30.4. The van der Waals surface area contributed by atoms with Gasteiger partial charge in [-0.1, -0.05) is 6.07 Å². The van der Waals surface area contributed by atoms with E-state index in [1.165, 1.54) is 0 Å². The molecule has 1 aliphatic carbocycles. The normalized spacial score (nSPS) is 23.4. The zero-order valence-electron chi connectivity index (χ0n) is 14.8. The highest BCUT2D eigenvalue weighted by atomic mass is 19.1. The summed E-state index contributed by atoms with van der Waals surface area (Å²) < 4.78 is 19.1. The molecule has 2 aliphatic rings. The number of alkyl halides is 1. The third-order valence-corrected chi connectivity index (χ3v) is 4.20. The molecule has 7 heteroatoms. The van der Waals surface area contributed by atoms with Crippen LogP contribution in [0.15, 0.2) is 18.2 Å². The molecule has 1 saturated heterocycles. The number of ether oxygens (including phenoxy) is 1. The summed E-state index contributed by atoms with van der Waals surface area (Å²) in [6.45, 7) is 5.06. The number of aromatic nitrogens is 1.